The number of nitrogens with one attached hydrogen (secondary N) is 3. The Kier molecular flexibility index (Phi) is 5.33. The highest BCUT2D eigenvalue weighted by molar-refractivity contribution is 5.94. The number of amides is 2. The lowest BCUT2D eigenvalue weighted by molar-refractivity contribution is -0.127. The van der Waals surface area contributed by atoms with Crippen LogP contribution in [-0.4, -0.2) is 35.2 Å². The van der Waals surface area contributed by atoms with Crippen molar-refractivity contribution in [1.82, 2.24) is 15.5 Å². The van der Waals surface area contributed by atoms with E-state index in [2.05, 4.69) is 20.8 Å². The molecule has 2 aromatic rings. The van der Waals surface area contributed by atoms with E-state index in [4.69, 9.17) is 4.74 Å². The van der Waals surface area contributed by atoms with Gasteiger partial charge < -0.3 is 15.4 Å². The Labute approximate surface area is 146 Å². The van der Waals surface area contributed by atoms with Gasteiger partial charge in [0, 0.05) is 17.3 Å². The van der Waals surface area contributed by atoms with Gasteiger partial charge in [0.25, 0.3) is 0 Å². The van der Waals surface area contributed by atoms with Crippen molar-refractivity contribution in [3.8, 4) is 5.75 Å². The molecule has 0 aliphatic heterocycles. The lowest BCUT2D eigenvalue weighted by Gasteiger charge is -2.20. The molecule has 0 radical (unpaired) electrons. The Hall–Kier alpha value is -2.83. The van der Waals surface area contributed by atoms with E-state index in [0.717, 1.165) is 29.8 Å². The zero-order valence-corrected chi connectivity index (χ0v) is 14.2. The normalized spacial score (nSPS) is 16.0. The lowest BCUT2D eigenvalue weighted by Crippen LogP contribution is -2.38. The van der Waals surface area contributed by atoms with Crippen molar-refractivity contribution >= 4 is 17.5 Å². The van der Waals surface area contributed by atoms with E-state index in [1.165, 1.54) is 0 Å². The second-order valence-corrected chi connectivity index (χ2v) is 6.04. The predicted octanol–water partition coefficient (Wildman–Crippen LogP) is 1.67. The molecule has 132 valence electrons. The molecule has 0 fully saturated rings. The molecule has 2 amide bonds. The van der Waals surface area contributed by atoms with Crippen LogP contribution in [0.3, 0.4) is 0 Å². The first kappa shape index (κ1) is 17.0. The number of H-pyrrole nitrogens is 1. The van der Waals surface area contributed by atoms with E-state index < -0.39 is 0 Å². The van der Waals surface area contributed by atoms with E-state index in [0.29, 0.717) is 18.7 Å². The third-order valence-electron chi connectivity index (χ3n) is 4.26. The van der Waals surface area contributed by atoms with Crippen LogP contribution in [0, 0.1) is 5.92 Å². The summed E-state index contributed by atoms with van der Waals surface area (Å²) in [6.45, 7) is 2.47. The zero-order chi connectivity index (χ0) is 17.6. The van der Waals surface area contributed by atoms with Gasteiger partial charge in [-0.05, 0) is 56.0 Å². The minimum Gasteiger partial charge on any atom is -0.494 e. The number of anilines is 1. The van der Waals surface area contributed by atoms with Crippen LogP contribution in [0.25, 0.3) is 0 Å². The first-order valence-corrected chi connectivity index (χ1v) is 8.47. The van der Waals surface area contributed by atoms with E-state index in [1.807, 2.05) is 6.92 Å². The Bertz CT molecular complexity index is 739. The molecule has 7 heteroatoms. The van der Waals surface area contributed by atoms with Gasteiger partial charge in [0.15, 0.2) is 0 Å². The van der Waals surface area contributed by atoms with Crippen LogP contribution in [0.5, 0.6) is 5.75 Å². The van der Waals surface area contributed by atoms with Crippen molar-refractivity contribution in [3.05, 3.63) is 41.7 Å². The molecule has 1 aromatic carbocycles. The van der Waals surface area contributed by atoms with Gasteiger partial charge in [0.2, 0.25) is 11.8 Å². The van der Waals surface area contributed by atoms with E-state index >= 15 is 0 Å². The average Bonchev–Trinajstić information content (AvgIpc) is 3.09. The molecule has 0 unspecified atom stereocenters. The van der Waals surface area contributed by atoms with Gasteiger partial charge in [0.05, 0.1) is 19.3 Å². The summed E-state index contributed by atoms with van der Waals surface area (Å²) in [7, 11) is 0. The number of hydrogen-bond donors (Lipinski definition) is 3. The Morgan fingerprint density at radius 2 is 2.12 bits per heavy atom. The standard InChI is InChI=1S/C18H22N4O3/c1-2-25-15-6-4-14(5-7-15)21-17(23)11-19-18(24)12-3-8-16-13(9-12)10-20-22-16/h4-7,10,12H,2-3,8-9,11H2,1H3,(H,19,24)(H,20,22)(H,21,23)/t12-/m0/s1. The number of aromatic amines is 1. The van der Waals surface area contributed by atoms with Crippen molar-refractivity contribution in [2.75, 3.05) is 18.5 Å². The minimum absolute atomic E-state index is 0.0409. The van der Waals surface area contributed by atoms with Crippen LogP contribution in [0.2, 0.25) is 0 Å². The summed E-state index contributed by atoms with van der Waals surface area (Å²) in [4.78, 5) is 24.3. The predicted molar refractivity (Wildman–Crippen MR) is 93.4 cm³/mol. The molecule has 1 aliphatic rings. The SMILES string of the molecule is CCOc1ccc(NC(=O)CNC(=O)[C@H]2CCc3[nH]ncc3C2)cc1. The molecule has 1 aromatic heterocycles. The number of aryl methyl sites for hydroxylation is 1. The van der Waals surface area contributed by atoms with Gasteiger partial charge in [-0.2, -0.15) is 5.10 Å². The maximum Gasteiger partial charge on any atom is 0.243 e. The molecule has 1 aliphatic carbocycles. The molecule has 0 bridgehead atoms. The number of carbonyl (C=O) groups is 2. The summed E-state index contributed by atoms with van der Waals surface area (Å²) in [6, 6.07) is 7.13. The van der Waals surface area contributed by atoms with E-state index in [9.17, 15) is 9.59 Å². The van der Waals surface area contributed by atoms with Crippen LogP contribution in [0.1, 0.15) is 24.6 Å². The first-order chi connectivity index (χ1) is 12.2. The van der Waals surface area contributed by atoms with Crippen LogP contribution in [0.4, 0.5) is 5.69 Å². The molecule has 1 atom stereocenters. The Balaban J connectivity index is 1.45. The Morgan fingerprint density at radius 3 is 2.88 bits per heavy atom. The van der Waals surface area contributed by atoms with Crippen molar-refractivity contribution in [2.45, 2.75) is 26.2 Å². The van der Waals surface area contributed by atoms with Gasteiger partial charge in [0.1, 0.15) is 5.75 Å². The summed E-state index contributed by atoms with van der Waals surface area (Å²) in [5.41, 5.74) is 2.87. The fourth-order valence-corrected chi connectivity index (χ4v) is 2.96. The molecule has 0 saturated heterocycles. The summed E-state index contributed by atoms with van der Waals surface area (Å²) in [5, 5.41) is 12.4. The van der Waals surface area contributed by atoms with Crippen molar-refractivity contribution in [2.24, 2.45) is 5.92 Å². The fourth-order valence-electron chi connectivity index (χ4n) is 2.96. The second-order valence-electron chi connectivity index (χ2n) is 6.04. The highest BCUT2D eigenvalue weighted by atomic mass is 16.5. The van der Waals surface area contributed by atoms with Gasteiger partial charge in [-0.3, -0.25) is 14.7 Å². The van der Waals surface area contributed by atoms with Crippen LogP contribution in [-0.2, 0) is 22.4 Å². The van der Waals surface area contributed by atoms with Gasteiger partial charge in [-0.25, -0.2) is 0 Å². The summed E-state index contributed by atoms with van der Waals surface area (Å²) < 4.78 is 5.35. The molecule has 3 rings (SSSR count). The van der Waals surface area contributed by atoms with E-state index in [1.54, 1.807) is 30.5 Å². The molecular formula is C18H22N4O3. The lowest BCUT2D eigenvalue weighted by atomic mass is 9.87. The third kappa shape index (κ3) is 4.37. The van der Waals surface area contributed by atoms with Gasteiger partial charge in [-0.15, -0.1) is 0 Å². The Morgan fingerprint density at radius 1 is 1.32 bits per heavy atom. The number of fused-ring (bicyclic) bond motifs is 1. The van der Waals surface area contributed by atoms with Crippen LogP contribution in [0.15, 0.2) is 30.5 Å². The number of rotatable bonds is 6. The molecule has 3 N–H and O–H groups in total. The second kappa shape index (κ2) is 7.83. The molecule has 0 spiro atoms. The molecule has 7 nitrogen and oxygen atoms in total. The van der Waals surface area contributed by atoms with Crippen molar-refractivity contribution in [1.29, 1.82) is 0 Å². The smallest absolute Gasteiger partial charge is 0.243 e. The first-order valence-electron chi connectivity index (χ1n) is 8.47. The minimum atomic E-state index is -0.252. The highest BCUT2D eigenvalue weighted by Gasteiger charge is 2.25. The van der Waals surface area contributed by atoms with Crippen LogP contribution >= 0.6 is 0 Å². The fraction of sp³-hybridized carbons (Fsp3) is 0.389. The maximum absolute atomic E-state index is 12.3. The average molecular weight is 342 g/mol. The van der Waals surface area contributed by atoms with Crippen molar-refractivity contribution in [3.63, 3.8) is 0 Å². The third-order valence-corrected chi connectivity index (χ3v) is 4.26. The van der Waals surface area contributed by atoms with Gasteiger partial charge in [-0.1, -0.05) is 0 Å². The number of benzene rings is 1. The van der Waals surface area contributed by atoms with Crippen molar-refractivity contribution < 1.29 is 14.3 Å². The maximum atomic E-state index is 12.3. The molecule has 25 heavy (non-hydrogen) atoms. The monoisotopic (exact) mass is 342 g/mol. The summed E-state index contributed by atoms with van der Waals surface area (Å²) >= 11 is 0. The molecule has 0 saturated carbocycles. The largest absolute Gasteiger partial charge is 0.494 e. The zero-order valence-electron chi connectivity index (χ0n) is 14.2. The van der Waals surface area contributed by atoms with Crippen LogP contribution < -0.4 is 15.4 Å². The number of carbonyl (C=O) groups excluding carboxylic acids is 2. The quantitative estimate of drug-likeness (QED) is 0.744. The van der Waals surface area contributed by atoms with E-state index in [-0.39, 0.29) is 24.3 Å². The number of ether oxygens (including phenoxy) is 1. The number of hydrogen-bond acceptors (Lipinski definition) is 4. The van der Waals surface area contributed by atoms with Gasteiger partial charge >= 0.3 is 0 Å². The summed E-state index contributed by atoms with van der Waals surface area (Å²) in [5.74, 6) is 0.305. The number of nitrogens with zero attached hydrogens (tertiary/aromatic N) is 1. The topological polar surface area (TPSA) is 96.1 Å². The molecule has 1 heterocycles. The molecular weight excluding hydrogens is 320 g/mol. The number of aromatic nitrogens is 2. The highest BCUT2D eigenvalue weighted by Crippen LogP contribution is 2.23. The summed E-state index contributed by atoms with van der Waals surface area (Å²) in [6.07, 6.45) is 4.01.